The lowest BCUT2D eigenvalue weighted by atomic mass is 10.1. The Balaban J connectivity index is 2.04. The molecule has 0 aliphatic rings. The summed E-state index contributed by atoms with van der Waals surface area (Å²) in [7, 11) is 0. The Kier molecular flexibility index (Phi) is 10.1. The van der Waals surface area contributed by atoms with E-state index >= 15 is 0 Å². The van der Waals surface area contributed by atoms with Crippen molar-refractivity contribution in [3.05, 3.63) is 58.1 Å². The normalized spacial score (nSPS) is 11.6. The number of amides is 2. The lowest BCUT2D eigenvalue weighted by Crippen LogP contribution is -2.34. The molecule has 2 amide bonds. The molecule has 0 aromatic heterocycles. The summed E-state index contributed by atoms with van der Waals surface area (Å²) in [4.78, 5) is 25.2. The molecular weight excluding hydrogens is 490 g/mol. The first-order valence-corrected chi connectivity index (χ1v) is 11.8. The molecule has 2 aromatic carbocycles. The van der Waals surface area contributed by atoms with Gasteiger partial charge in [0, 0.05) is 21.8 Å². The molecule has 0 saturated carbocycles. The molecule has 0 heterocycles. The van der Waals surface area contributed by atoms with Gasteiger partial charge in [0.2, 0.25) is 0 Å². The van der Waals surface area contributed by atoms with Gasteiger partial charge in [-0.1, -0.05) is 42.8 Å². The fourth-order valence-electron chi connectivity index (χ4n) is 2.69. The summed E-state index contributed by atoms with van der Waals surface area (Å²) in [6, 6.07) is 12.3. The second kappa shape index (κ2) is 12.6. The molecule has 0 aliphatic heterocycles. The minimum atomic E-state index is -0.381. The molecule has 1 unspecified atom stereocenters. The highest BCUT2D eigenvalue weighted by molar-refractivity contribution is 9.10. The zero-order chi connectivity index (χ0) is 23.7. The number of ether oxygens (including phenoxy) is 1. The van der Waals surface area contributed by atoms with Gasteiger partial charge < -0.3 is 15.4 Å². The maximum absolute atomic E-state index is 12.8. The fourth-order valence-corrected chi connectivity index (χ4v) is 3.26. The van der Waals surface area contributed by atoms with Gasteiger partial charge in [-0.05, 0) is 74.3 Å². The fraction of sp³-hybridized carbons (Fsp3) is 0.375. The average Bonchev–Trinajstić information content (AvgIpc) is 2.74. The molecule has 172 valence electrons. The van der Waals surface area contributed by atoms with E-state index in [1.54, 1.807) is 36.4 Å². The van der Waals surface area contributed by atoms with Crippen LogP contribution in [-0.4, -0.2) is 29.6 Å². The van der Waals surface area contributed by atoms with E-state index in [0.717, 1.165) is 17.3 Å². The molecule has 8 heteroatoms. The van der Waals surface area contributed by atoms with Gasteiger partial charge in [-0.15, -0.1) is 0 Å². The van der Waals surface area contributed by atoms with Crippen LogP contribution in [0, 0.1) is 5.92 Å². The quantitative estimate of drug-likeness (QED) is 0.379. The number of benzene rings is 2. The van der Waals surface area contributed by atoms with E-state index in [-0.39, 0.29) is 23.0 Å². The van der Waals surface area contributed by atoms with E-state index < -0.39 is 0 Å². The molecular formula is C24H30BrN3O3S. The number of hydrogen-bond donors (Lipinski definition) is 3. The second-order valence-corrected chi connectivity index (χ2v) is 9.27. The first kappa shape index (κ1) is 25.8. The van der Waals surface area contributed by atoms with Gasteiger partial charge in [0.1, 0.15) is 5.75 Å². The Hall–Kier alpha value is -2.45. The van der Waals surface area contributed by atoms with E-state index in [1.165, 1.54) is 0 Å². The van der Waals surface area contributed by atoms with Crippen LogP contribution in [0.3, 0.4) is 0 Å². The SMILES string of the molecule is CCC(C)NC(=O)c1cccc(NC(=S)NC(=O)c2cc(Br)ccc2OCCC(C)C)c1. The minimum Gasteiger partial charge on any atom is -0.493 e. The summed E-state index contributed by atoms with van der Waals surface area (Å²) in [5, 5.41) is 8.70. The Labute approximate surface area is 203 Å². The summed E-state index contributed by atoms with van der Waals surface area (Å²) >= 11 is 8.71. The van der Waals surface area contributed by atoms with Crippen molar-refractivity contribution in [2.45, 2.75) is 46.6 Å². The number of anilines is 1. The Morgan fingerprint density at radius 2 is 1.84 bits per heavy atom. The maximum Gasteiger partial charge on any atom is 0.261 e. The Morgan fingerprint density at radius 1 is 1.09 bits per heavy atom. The van der Waals surface area contributed by atoms with Crippen molar-refractivity contribution in [1.82, 2.24) is 10.6 Å². The molecule has 32 heavy (non-hydrogen) atoms. The molecule has 6 nitrogen and oxygen atoms in total. The van der Waals surface area contributed by atoms with Crippen molar-refractivity contribution >= 4 is 50.8 Å². The third-order valence-electron chi connectivity index (χ3n) is 4.74. The van der Waals surface area contributed by atoms with E-state index in [4.69, 9.17) is 17.0 Å². The largest absolute Gasteiger partial charge is 0.493 e. The number of hydrogen-bond acceptors (Lipinski definition) is 4. The predicted octanol–water partition coefficient (Wildman–Crippen LogP) is 5.53. The number of thiocarbonyl (C=S) groups is 1. The summed E-state index contributed by atoms with van der Waals surface area (Å²) < 4.78 is 6.58. The van der Waals surface area contributed by atoms with Crippen molar-refractivity contribution < 1.29 is 14.3 Å². The van der Waals surface area contributed by atoms with Gasteiger partial charge in [0.05, 0.1) is 12.2 Å². The molecule has 0 bridgehead atoms. The van der Waals surface area contributed by atoms with E-state index in [0.29, 0.717) is 35.1 Å². The van der Waals surface area contributed by atoms with Crippen LogP contribution in [-0.2, 0) is 0 Å². The van der Waals surface area contributed by atoms with E-state index in [9.17, 15) is 9.59 Å². The van der Waals surface area contributed by atoms with Gasteiger partial charge in [-0.3, -0.25) is 14.9 Å². The predicted molar refractivity (Wildman–Crippen MR) is 136 cm³/mol. The third kappa shape index (κ3) is 8.24. The molecule has 0 spiro atoms. The van der Waals surface area contributed by atoms with Crippen LogP contribution in [0.5, 0.6) is 5.75 Å². The Morgan fingerprint density at radius 3 is 2.53 bits per heavy atom. The van der Waals surface area contributed by atoms with E-state index in [2.05, 4.69) is 45.7 Å². The maximum atomic E-state index is 12.8. The van der Waals surface area contributed by atoms with Crippen LogP contribution in [0.25, 0.3) is 0 Å². The molecule has 0 fully saturated rings. The molecule has 2 aromatic rings. The molecule has 0 saturated heterocycles. The molecule has 0 radical (unpaired) electrons. The van der Waals surface area contributed by atoms with Crippen LogP contribution in [0.15, 0.2) is 46.9 Å². The van der Waals surface area contributed by atoms with Crippen molar-refractivity contribution in [2.24, 2.45) is 5.92 Å². The standard InChI is InChI=1S/C24H30BrN3O3S/c1-5-16(4)26-22(29)17-7-6-8-19(13-17)27-24(32)28-23(30)20-14-18(25)9-10-21(20)31-12-11-15(2)3/h6-10,13-16H,5,11-12H2,1-4H3,(H,26,29)(H2,27,28,30,32). The van der Waals surface area contributed by atoms with Gasteiger partial charge in [0.15, 0.2) is 5.11 Å². The van der Waals surface area contributed by atoms with Crippen molar-refractivity contribution in [1.29, 1.82) is 0 Å². The topological polar surface area (TPSA) is 79.5 Å². The number of rotatable bonds is 9. The van der Waals surface area contributed by atoms with Crippen LogP contribution in [0.1, 0.15) is 61.3 Å². The highest BCUT2D eigenvalue weighted by Gasteiger charge is 2.16. The van der Waals surface area contributed by atoms with Crippen LogP contribution in [0.4, 0.5) is 5.69 Å². The lowest BCUT2D eigenvalue weighted by Gasteiger charge is -2.15. The van der Waals surface area contributed by atoms with Gasteiger partial charge in [0.25, 0.3) is 11.8 Å². The molecule has 2 rings (SSSR count). The lowest BCUT2D eigenvalue weighted by molar-refractivity contribution is 0.0937. The Bertz CT molecular complexity index is 965. The zero-order valence-electron chi connectivity index (χ0n) is 18.8. The summed E-state index contributed by atoms with van der Waals surface area (Å²) in [6.07, 6.45) is 1.73. The summed E-state index contributed by atoms with van der Waals surface area (Å²) in [5.41, 5.74) is 1.50. The highest BCUT2D eigenvalue weighted by atomic mass is 79.9. The van der Waals surface area contributed by atoms with Gasteiger partial charge in [-0.2, -0.15) is 0 Å². The van der Waals surface area contributed by atoms with Crippen molar-refractivity contribution in [3.8, 4) is 5.75 Å². The number of carbonyl (C=O) groups excluding carboxylic acids is 2. The first-order valence-electron chi connectivity index (χ1n) is 10.6. The van der Waals surface area contributed by atoms with Gasteiger partial charge in [-0.25, -0.2) is 0 Å². The van der Waals surface area contributed by atoms with E-state index in [1.807, 2.05) is 19.9 Å². The first-order chi connectivity index (χ1) is 15.2. The zero-order valence-corrected chi connectivity index (χ0v) is 21.2. The van der Waals surface area contributed by atoms with Crippen LogP contribution >= 0.6 is 28.1 Å². The van der Waals surface area contributed by atoms with Crippen LogP contribution in [0.2, 0.25) is 0 Å². The van der Waals surface area contributed by atoms with Crippen LogP contribution < -0.4 is 20.7 Å². The summed E-state index contributed by atoms with van der Waals surface area (Å²) in [5.74, 6) is 0.463. The number of nitrogens with one attached hydrogen (secondary N) is 3. The number of carbonyl (C=O) groups is 2. The minimum absolute atomic E-state index is 0.0848. The van der Waals surface area contributed by atoms with Gasteiger partial charge >= 0.3 is 0 Å². The smallest absolute Gasteiger partial charge is 0.261 e. The number of halogens is 1. The van der Waals surface area contributed by atoms with Crippen molar-refractivity contribution in [3.63, 3.8) is 0 Å². The third-order valence-corrected chi connectivity index (χ3v) is 5.44. The summed E-state index contributed by atoms with van der Waals surface area (Å²) in [6.45, 7) is 8.72. The molecule has 1 atom stereocenters. The molecule has 3 N–H and O–H groups in total. The molecule has 0 aliphatic carbocycles. The van der Waals surface area contributed by atoms with Crippen molar-refractivity contribution in [2.75, 3.05) is 11.9 Å². The monoisotopic (exact) mass is 519 g/mol. The highest BCUT2D eigenvalue weighted by Crippen LogP contribution is 2.24. The average molecular weight is 520 g/mol. The second-order valence-electron chi connectivity index (χ2n) is 7.94.